The molecule has 2 unspecified atom stereocenters. The number of anilines is 4. The van der Waals surface area contributed by atoms with Gasteiger partial charge in [-0.15, -0.1) is 0 Å². The molecular weight excluding hydrogens is 636 g/mol. The molecule has 0 saturated carbocycles. The summed E-state index contributed by atoms with van der Waals surface area (Å²) >= 11 is 6.14. The molecule has 10 heteroatoms. The van der Waals surface area contributed by atoms with Crippen molar-refractivity contribution >= 4 is 52.2 Å². The van der Waals surface area contributed by atoms with Crippen LogP contribution in [0.2, 0.25) is 5.02 Å². The van der Waals surface area contributed by atoms with Gasteiger partial charge in [0.05, 0.1) is 6.04 Å². The van der Waals surface area contributed by atoms with Gasteiger partial charge >= 0.3 is 6.03 Å². The number of amides is 4. The van der Waals surface area contributed by atoms with Gasteiger partial charge in [0, 0.05) is 86.4 Å². The van der Waals surface area contributed by atoms with Gasteiger partial charge in [-0.05, 0) is 96.3 Å². The SMILES string of the molecule is CC(=O)N1c2ccc(-c3ccc(N4CCN(Cc5ccc(N6CCC(=O)NC6=O)cc5)CC4)cc3)cc2C(Nc2ccc(Cl)cc2)CC1C. The smallest absolute Gasteiger partial charge is 0.328 e. The number of carbonyl (C=O) groups is 3. The zero-order valence-electron chi connectivity index (χ0n) is 27.9. The molecule has 4 amide bonds. The maximum Gasteiger partial charge on any atom is 0.328 e. The summed E-state index contributed by atoms with van der Waals surface area (Å²) in [7, 11) is 0. The van der Waals surface area contributed by atoms with Crippen molar-refractivity contribution in [1.29, 1.82) is 0 Å². The highest BCUT2D eigenvalue weighted by atomic mass is 35.5. The molecule has 2 saturated heterocycles. The van der Waals surface area contributed by atoms with Crippen molar-refractivity contribution in [2.75, 3.05) is 52.7 Å². The van der Waals surface area contributed by atoms with E-state index >= 15 is 0 Å². The van der Waals surface area contributed by atoms with Gasteiger partial charge in [-0.25, -0.2) is 4.79 Å². The van der Waals surface area contributed by atoms with Crippen LogP contribution in [0.3, 0.4) is 0 Å². The highest BCUT2D eigenvalue weighted by Crippen LogP contribution is 2.41. The van der Waals surface area contributed by atoms with Crippen molar-refractivity contribution in [3.63, 3.8) is 0 Å². The van der Waals surface area contributed by atoms with Crippen LogP contribution in [0.15, 0.2) is 91.0 Å². The van der Waals surface area contributed by atoms with Gasteiger partial charge < -0.3 is 15.1 Å². The molecular formula is C39H41ClN6O3. The maximum absolute atomic E-state index is 12.7. The van der Waals surface area contributed by atoms with Crippen molar-refractivity contribution in [1.82, 2.24) is 10.2 Å². The van der Waals surface area contributed by atoms with Gasteiger partial charge in [0.15, 0.2) is 0 Å². The molecule has 4 aromatic carbocycles. The summed E-state index contributed by atoms with van der Waals surface area (Å²) in [5.41, 5.74) is 8.55. The fourth-order valence-electron chi connectivity index (χ4n) is 7.29. The van der Waals surface area contributed by atoms with Crippen LogP contribution in [0.1, 0.15) is 43.9 Å². The molecule has 49 heavy (non-hydrogen) atoms. The summed E-state index contributed by atoms with van der Waals surface area (Å²) in [4.78, 5) is 44.7. The van der Waals surface area contributed by atoms with E-state index in [1.165, 1.54) is 11.3 Å². The molecule has 252 valence electrons. The molecule has 0 aromatic heterocycles. The van der Waals surface area contributed by atoms with Crippen molar-refractivity contribution in [3.8, 4) is 11.1 Å². The summed E-state index contributed by atoms with van der Waals surface area (Å²) in [5.74, 6) is -0.172. The lowest BCUT2D eigenvalue weighted by atomic mass is 9.89. The zero-order chi connectivity index (χ0) is 34.1. The number of urea groups is 1. The highest BCUT2D eigenvalue weighted by Gasteiger charge is 2.33. The van der Waals surface area contributed by atoms with Gasteiger partial charge in [-0.2, -0.15) is 0 Å². The lowest BCUT2D eigenvalue weighted by Crippen LogP contribution is -2.49. The molecule has 3 aliphatic heterocycles. The molecule has 7 rings (SSSR count). The van der Waals surface area contributed by atoms with Gasteiger partial charge in [-0.1, -0.05) is 41.9 Å². The van der Waals surface area contributed by atoms with Gasteiger partial charge in [-0.3, -0.25) is 24.7 Å². The topological polar surface area (TPSA) is 88.2 Å². The van der Waals surface area contributed by atoms with E-state index in [2.05, 4.69) is 82.0 Å². The maximum atomic E-state index is 12.7. The first-order valence-electron chi connectivity index (χ1n) is 17.0. The number of nitrogens with zero attached hydrogens (tertiary/aromatic N) is 4. The average Bonchev–Trinajstić information content (AvgIpc) is 3.10. The second-order valence-electron chi connectivity index (χ2n) is 13.2. The Hall–Kier alpha value is -4.86. The van der Waals surface area contributed by atoms with E-state index < -0.39 is 0 Å². The second-order valence-corrected chi connectivity index (χ2v) is 13.6. The number of halogens is 1. The van der Waals surface area contributed by atoms with Crippen molar-refractivity contribution < 1.29 is 14.4 Å². The number of benzene rings is 4. The molecule has 0 bridgehead atoms. The van der Waals surface area contributed by atoms with E-state index in [9.17, 15) is 14.4 Å². The van der Waals surface area contributed by atoms with E-state index in [4.69, 9.17) is 11.6 Å². The fraction of sp³-hybridized carbons (Fsp3) is 0.308. The molecule has 3 aliphatic rings. The van der Waals surface area contributed by atoms with E-state index in [0.717, 1.165) is 72.9 Å². The number of fused-ring (bicyclic) bond motifs is 1. The number of nitrogens with one attached hydrogen (secondary N) is 2. The van der Waals surface area contributed by atoms with Crippen LogP contribution in [0.25, 0.3) is 11.1 Å². The third-order valence-corrected chi connectivity index (χ3v) is 10.1. The van der Waals surface area contributed by atoms with E-state index in [1.54, 1.807) is 11.8 Å². The second kappa shape index (κ2) is 13.9. The Balaban J connectivity index is 0.995. The molecule has 0 radical (unpaired) electrons. The molecule has 2 fully saturated rings. The zero-order valence-corrected chi connectivity index (χ0v) is 28.6. The largest absolute Gasteiger partial charge is 0.378 e. The highest BCUT2D eigenvalue weighted by molar-refractivity contribution is 6.30. The van der Waals surface area contributed by atoms with Crippen LogP contribution in [0.4, 0.5) is 27.5 Å². The van der Waals surface area contributed by atoms with E-state index in [-0.39, 0.29) is 29.9 Å². The van der Waals surface area contributed by atoms with Crippen LogP contribution < -0.4 is 25.3 Å². The molecule has 9 nitrogen and oxygen atoms in total. The van der Waals surface area contributed by atoms with Crippen LogP contribution in [-0.4, -0.2) is 61.5 Å². The van der Waals surface area contributed by atoms with Gasteiger partial charge in [0.2, 0.25) is 11.8 Å². The quantitative estimate of drug-likeness (QED) is 0.218. The summed E-state index contributed by atoms with van der Waals surface area (Å²) in [5, 5.41) is 6.77. The van der Waals surface area contributed by atoms with E-state index in [0.29, 0.717) is 18.0 Å². The summed E-state index contributed by atoms with van der Waals surface area (Å²) < 4.78 is 0. The minimum atomic E-state index is -0.359. The van der Waals surface area contributed by atoms with Gasteiger partial charge in [0.25, 0.3) is 0 Å². The first kappa shape index (κ1) is 32.7. The standard InChI is InChI=1S/C39H41ClN6O3/c1-26-23-36(41-32-10-8-31(40)9-11-32)35-24-30(7-16-37(35)46(26)27(2)47)29-5-14-33(15-6-29)44-21-19-43(20-22-44)25-28-3-12-34(13-4-28)45-18-17-38(48)42-39(45)49/h3-16,24,26,36,41H,17-23,25H2,1-2H3,(H,42,48,49). The number of carbonyl (C=O) groups excluding carboxylic acids is 3. The summed E-state index contributed by atoms with van der Waals surface area (Å²) in [6, 6.07) is 30.8. The predicted molar refractivity (Wildman–Crippen MR) is 196 cm³/mol. The number of hydrogen-bond donors (Lipinski definition) is 2. The average molecular weight is 677 g/mol. The number of rotatable bonds is 7. The molecule has 0 aliphatic carbocycles. The third-order valence-electron chi connectivity index (χ3n) is 9.85. The van der Waals surface area contributed by atoms with Gasteiger partial charge in [0.1, 0.15) is 0 Å². The number of piperazine rings is 1. The van der Waals surface area contributed by atoms with E-state index in [1.807, 2.05) is 41.3 Å². The van der Waals surface area contributed by atoms with Crippen LogP contribution in [0.5, 0.6) is 0 Å². The molecule has 4 aromatic rings. The van der Waals surface area contributed by atoms with Crippen LogP contribution in [0, 0.1) is 0 Å². The fourth-order valence-corrected chi connectivity index (χ4v) is 7.41. The minimum Gasteiger partial charge on any atom is -0.378 e. The normalized spacial score (nSPS) is 19.8. The Morgan fingerprint density at radius 2 is 1.51 bits per heavy atom. The lowest BCUT2D eigenvalue weighted by molar-refractivity contribution is -0.120. The van der Waals surface area contributed by atoms with Crippen molar-refractivity contribution in [2.24, 2.45) is 0 Å². The first-order chi connectivity index (χ1) is 23.7. The predicted octanol–water partition coefficient (Wildman–Crippen LogP) is 7.07. The Morgan fingerprint density at radius 1 is 0.837 bits per heavy atom. The molecule has 0 spiro atoms. The Bertz CT molecular complexity index is 1840. The number of imide groups is 1. The van der Waals surface area contributed by atoms with Crippen LogP contribution >= 0.6 is 11.6 Å². The third kappa shape index (κ3) is 7.14. The molecule has 2 N–H and O–H groups in total. The lowest BCUT2D eigenvalue weighted by Gasteiger charge is -2.40. The molecule has 2 atom stereocenters. The number of hydrogen-bond acceptors (Lipinski definition) is 6. The molecule has 3 heterocycles. The van der Waals surface area contributed by atoms with Crippen LogP contribution in [-0.2, 0) is 16.1 Å². The van der Waals surface area contributed by atoms with Crippen molar-refractivity contribution in [3.05, 3.63) is 107 Å². The van der Waals surface area contributed by atoms with Crippen molar-refractivity contribution in [2.45, 2.75) is 45.3 Å². The summed E-state index contributed by atoms with van der Waals surface area (Å²) in [6.07, 6.45) is 1.12. The Morgan fingerprint density at radius 3 is 2.18 bits per heavy atom. The first-order valence-corrected chi connectivity index (χ1v) is 17.3. The summed E-state index contributed by atoms with van der Waals surface area (Å²) in [6.45, 7) is 8.79. The monoisotopic (exact) mass is 676 g/mol. The Kier molecular flexibility index (Phi) is 9.29. The Labute approximate surface area is 292 Å². The minimum absolute atomic E-state index is 0.0526.